The Labute approximate surface area is 197 Å². The van der Waals surface area contributed by atoms with Crippen LogP contribution in [-0.4, -0.2) is 43.0 Å². The van der Waals surface area contributed by atoms with Gasteiger partial charge in [-0.1, -0.05) is 23.5 Å². The average Bonchev–Trinajstić information content (AvgIpc) is 3.13. The van der Waals surface area contributed by atoms with Crippen LogP contribution in [0.5, 0.6) is 0 Å². The van der Waals surface area contributed by atoms with E-state index < -0.39 is 11.2 Å². The van der Waals surface area contributed by atoms with E-state index in [2.05, 4.69) is 15.3 Å². The van der Waals surface area contributed by atoms with E-state index in [9.17, 15) is 8.94 Å². The first-order valence-electron chi connectivity index (χ1n) is 10.6. The number of thiophene rings is 1. The van der Waals surface area contributed by atoms with Gasteiger partial charge in [0, 0.05) is 41.1 Å². The smallest absolute Gasteiger partial charge is 0.232 e. The number of nitrogen functional groups attached to an aromatic ring is 1. The minimum absolute atomic E-state index is 0.0191. The van der Waals surface area contributed by atoms with Crippen molar-refractivity contribution in [2.75, 3.05) is 24.2 Å². The number of aliphatic hydroxyl groups excluding tert-OH is 1. The summed E-state index contributed by atoms with van der Waals surface area (Å²) < 4.78 is 27.4. The second-order valence-electron chi connectivity index (χ2n) is 7.84. The molecule has 4 aromatic rings. The first kappa shape index (κ1) is 22.0. The molecule has 33 heavy (non-hydrogen) atoms. The van der Waals surface area contributed by atoms with E-state index >= 15 is 0 Å². The summed E-state index contributed by atoms with van der Waals surface area (Å²) in [5.41, 5.74) is 9.93. The van der Waals surface area contributed by atoms with Crippen molar-refractivity contribution in [1.82, 2.24) is 15.0 Å². The molecule has 7 nitrogen and oxygen atoms in total. The van der Waals surface area contributed by atoms with Crippen molar-refractivity contribution in [3.63, 3.8) is 0 Å². The first-order valence-corrected chi connectivity index (χ1v) is 12.6. The maximum atomic E-state index is 13.6. The number of aliphatic hydroxyl groups is 1. The Morgan fingerprint density at radius 3 is 2.55 bits per heavy atom. The Bertz CT molecular complexity index is 1280. The molecule has 0 aliphatic heterocycles. The van der Waals surface area contributed by atoms with E-state index in [-0.39, 0.29) is 17.7 Å². The number of hydrogen-bond acceptors (Lipinski definition) is 8. The van der Waals surface area contributed by atoms with Gasteiger partial charge in [-0.15, -0.1) is 0 Å². The minimum Gasteiger partial charge on any atom is -0.611 e. The zero-order chi connectivity index (χ0) is 22.9. The van der Waals surface area contributed by atoms with Gasteiger partial charge in [-0.2, -0.15) is 0 Å². The van der Waals surface area contributed by atoms with Crippen molar-refractivity contribution in [2.45, 2.75) is 28.7 Å². The number of nitrogens with two attached hydrogens (primary N) is 1. The van der Waals surface area contributed by atoms with Crippen LogP contribution in [0.4, 0.5) is 16.0 Å². The van der Waals surface area contributed by atoms with Gasteiger partial charge in [-0.3, -0.25) is 0 Å². The molecular weight excluding hydrogens is 461 g/mol. The molecule has 1 atom stereocenters. The second-order valence-corrected chi connectivity index (χ2v) is 10.8. The number of aromatic nitrogens is 3. The Morgan fingerprint density at radius 2 is 1.91 bits per heavy atom. The van der Waals surface area contributed by atoms with Gasteiger partial charge in [0.1, 0.15) is 21.6 Å². The fraction of sp³-hybridized carbons (Fsp3) is 0.261. The van der Waals surface area contributed by atoms with Gasteiger partial charge in [-0.25, -0.2) is 19.3 Å². The topological polar surface area (TPSA) is 120 Å². The SMILES string of the molecule is Nc1c([S+]([O-])C2CCC2)sc2nc(-c3cnc(NCCO)nc3)cc(-c3ccc(F)cc3)c12. The number of pyridine rings is 1. The van der Waals surface area contributed by atoms with Crippen LogP contribution in [0.1, 0.15) is 19.3 Å². The fourth-order valence-corrected chi connectivity index (χ4v) is 6.92. The van der Waals surface area contributed by atoms with Gasteiger partial charge < -0.3 is 20.7 Å². The van der Waals surface area contributed by atoms with Gasteiger partial charge in [0.25, 0.3) is 0 Å². The van der Waals surface area contributed by atoms with E-state index in [1.807, 2.05) is 6.07 Å². The van der Waals surface area contributed by atoms with Crippen molar-refractivity contribution in [3.8, 4) is 22.4 Å². The molecule has 0 amide bonds. The predicted octanol–water partition coefficient (Wildman–Crippen LogP) is 4.21. The van der Waals surface area contributed by atoms with E-state index in [0.29, 0.717) is 38.5 Å². The molecule has 10 heteroatoms. The van der Waals surface area contributed by atoms with Gasteiger partial charge in [0.2, 0.25) is 10.2 Å². The summed E-state index contributed by atoms with van der Waals surface area (Å²) >= 11 is 0.182. The Hall–Kier alpha value is -2.79. The number of anilines is 2. The summed E-state index contributed by atoms with van der Waals surface area (Å²) in [6.07, 6.45) is 6.28. The third-order valence-corrected chi connectivity index (χ3v) is 9.00. The molecule has 0 spiro atoms. The van der Waals surface area contributed by atoms with Crippen LogP contribution < -0.4 is 11.1 Å². The minimum atomic E-state index is -1.17. The number of hydrogen-bond donors (Lipinski definition) is 3. The molecular formula is C23H22FN5O2S2. The highest BCUT2D eigenvalue weighted by atomic mass is 32.2. The van der Waals surface area contributed by atoms with E-state index in [1.54, 1.807) is 24.5 Å². The average molecular weight is 484 g/mol. The van der Waals surface area contributed by atoms with Gasteiger partial charge in [-0.05, 0) is 48.6 Å². The number of fused-ring (bicyclic) bond motifs is 1. The largest absolute Gasteiger partial charge is 0.611 e. The summed E-state index contributed by atoms with van der Waals surface area (Å²) in [4.78, 5) is 14.0. The number of nitrogens with zero attached hydrogens (tertiary/aromatic N) is 3. The zero-order valence-electron chi connectivity index (χ0n) is 17.6. The van der Waals surface area contributed by atoms with E-state index in [1.165, 1.54) is 23.5 Å². The third kappa shape index (κ3) is 4.26. The molecule has 4 N–H and O–H groups in total. The molecule has 0 saturated heterocycles. The molecule has 170 valence electrons. The highest BCUT2D eigenvalue weighted by molar-refractivity contribution is 7.94. The van der Waals surface area contributed by atoms with Crippen LogP contribution in [0, 0.1) is 5.82 Å². The molecule has 3 heterocycles. The molecule has 1 aliphatic rings. The van der Waals surface area contributed by atoms with Crippen molar-refractivity contribution >= 4 is 44.4 Å². The molecule has 1 aliphatic carbocycles. The highest BCUT2D eigenvalue weighted by Gasteiger charge is 2.35. The number of halogens is 1. The molecule has 5 rings (SSSR count). The second kappa shape index (κ2) is 9.22. The van der Waals surface area contributed by atoms with Crippen LogP contribution in [-0.2, 0) is 11.2 Å². The first-order chi connectivity index (χ1) is 16.0. The quantitative estimate of drug-likeness (QED) is 0.337. The highest BCUT2D eigenvalue weighted by Crippen LogP contribution is 2.45. The van der Waals surface area contributed by atoms with Crippen molar-refractivity contribution in [3.05, 3.63) is 48.5 Å². The van der Waals surface area contributed by atoms with Crippen LogP contribution in [0.2, 0.25) is 0 Å². The maximum absolute atomic E-state index is 13.6. The lowest BCUT2D eigenvalue weighted by Gasteiger charge is -2.27. The molecule has 1 saturated carbocycles. The zero-order valence-corrected chi connectivity index (χ0v) is 19.3. The van der Waals surface area contributed by atoms with Gasteiger partial charge in [0.05, 0.1) is 12.3 Å². The Morgan fingerprint density at radius 1 is 1.18 bits per heavy atom. The summed E-state index contributed by atoms with van der Waals surface area (Å²) in [6.45, 7) is 0.336. The number of nitrogens with one attached hydrogen (secondary N) is 1. The summed E-state index contributed by atoms with van der Waals surface area (Å²) in [5.74, 6) is 0.0832. The monoisotopic (exact) mass is 483 g/mol. The normalized spacial score (nSPS) is 14.9. The van der Waals surface area contributed by atoms with Crippen LogP contribution in [0.3, 0.4) is 0 Å². The lowest BCUT2D eigenvalue weighted by Crippen LogP contribution is -2.28. The lowest BCUT2D eigenvalue weighted by atomic mass is 10.00. The standard InChI is InChI=1S/C23H22FN5O2S2/c24-15-6-4-13(5-7-15)17-10-18(14-11-27-23(28-12-14)26-8-9-30)29-21-19(17)20(25)22(32-21)33(31)16-2-1-3-16/h4-7,10-12,16,30H,1-3,8-9,25H2,(H,26,27,28). The van der Waals surface area contributed by atoms with Crippen LogP contribution in [0.15, 0.2) is 46.9 Å². The van der Waals surface area contributed by atoms with E-state index in [4.69, 9.17) is 15.8 Å². The molecule has 3 aromatic heterocycles. The van der Waals surface area contributed by atoms with E-state index in [0.717, 1.165) is 35.8 Å². The fourth-order valence-electron chi connectivity index (χ4n) is 3.71. The molecule has 0 radical (unpaired) electrons. The molecule has 0 bridgehead atoms. The number of benzene rings is 1. The maximum Gasteiger partial charge on any atom is 0.232 e. The van der Waals surface area contributed by atoms with Gasteiger partial charge in [0.15, 0.2) is 0 Å². The number of rotatable bonds is 7. The third-order valence-electron chi connectivity index (χ3n) is 5.70. The Balaban J connectivity index is 1.64. The summed E-state index contributed by atoms with van der Waals surface area (Å²) in [7, 11) is 0. The van der Waals surface area contributed by atoms with Crippen molar-refractivity contribution < 1.29 is 14.0 Å². The molecule has 1 unspecified atom stereocenters. The molecule has 1 fully saturated rings. The van der Waals surface area contributed by atoms with Crippen LogP contribution in [0.25, 0.3) is 32.6 Å². The lowest BCUT2D eigenvalue weighted by molar-refractivity contribution is 0.311. The predicted molar refractivity (Wildman–Crippen MR) is 130 cm³/mol. The van der Waals surface area contributed by atoms with Crippen molar-refractivity contribution in [1.29, 1.82) is 0 Å². The molecule has 1 aromatic carbocycles. The Kier molecular flexibility index (Phi) is 6.15. The summed E-state index contributed by atoms with van der Waals surface area (Å²) in [5, 5.41) is 12.7. The van der Waals surface area contributed by atoms with Gasteiger partial charge >= 0.3 is 0 Å². The van der Waals surface area contributed by atoms with Crippen molar-refractivity contribution in [2.24, 2.45) is 0 Å². The summed E-state index contributed by atoms with van der Waals surface area (Å²) in [6, 6.07) is 8.09. The van der Waals surface area contributed by atoms with Crippen LogP contribution >= 0.6 is 11.3 Å².